The van der Waals surface area contributed by atoms with Gasteiger partial charge in [-0.25, -0.2) is 28.2 Å². The van der Waals surface area contributed by atoms with E-state index >= 15 is 0 Å². The monoisotopic (exact) mass is 451 g/mol. The average Bonchev–Trinajstić information content (AvgIpc) is 2.64. The van der Waals surface area contributed by atoms with Crippen molar-refractivity contribution in [2.24, 2.45) is 5.14 Å². The lowest BCUT2D eigenvalue weighted by atomic mass is 10.1. The van der Waals surface area contributed by atoms with Crippen LogP contribution >= 0.6 is 23.2 Å². The molecule has 0 spiro atoms. The van der Waals surface area contributed by atoms with Gasteiger partial charge in [-0.3, -0.25) is 4.79 Å². The first-order valence-corrected chi connectivity index (χ1v) is 10.3. The first-order chi connectivity index (χ1) is 13.6. The Morgan fingerprint density at radius 3 is 2.41 bits per heavy atom. The van der Waals surface area contributed by atoms with Crippen LogP contribution in [0.3, 0.4) is 0 Å². The minimum Gasteiger partial charge on any atom is -0.337 e. The molecule has 0 atom stereocenters. The van der Waals surface area contributed by atoms with E-state index in [1.54, 1.807) is 0 Å². The number of nitrogens with two attached hydrogens (primary N) is 1. The summed E-state index contributed by atoms with van der Waals surface area (Å²) in [6.07, 6.45) is 2.58. The first-order valence-electron chi connectivity index (χ1n) is 7.98. The standard InChI is InChI=1S/C18H10Cl2FN4O3S/c19-13-4-9(29(22,27)28)5-14(20)17(13)25-18-11-6-16(26)23-7-12(11)10-3-8(21)1-2-15(10)24-18/h1-7H,(H,24,25)(H2,22,27,28). The Balaban J connectivity index is 1.95. The zero-order chi connectivity index (χ0) is 20.9. The van der Waals surface area contributed by atoms with Crippen molar-refractivity contribution in [2.75, 3.05) is 5.32 Å². The van der Waals surface area contributed by atoms with E-state index in [0.717, 1.165) is 12.1 Å². The van der Waals surface area contributed by atoms with Gasteiger partial charge in [0.05, 0.1) is 26.1 Å². The number of nitrogens with one attached hydrogen (secondary N) is 1. The predicted octanol–water partition coefficient (Wildman–Crippen LogP) is 1.73. The number of anilines is 2. The third kappa shape index (κ3) is 3.65. The minimum atomic E-state index is -4.01. The lowest BCUT2D eigenvalue weighted by Crippen LogP contribution is -2.36. The Kier molecular flexibility index (Phi) is 4.70. The summed E-state index contributed by atoms with van der Waals surface area (Å²) in [5.41, 5.74) is 0.607. The topological polar surface area (TPSA) is 116 Å². The molecule has 0 aliphatic carbocycles. The van der Waals surface area contributed by atoms with Gasteiger partial charge < -0.3 is 5.32 Å². The van der Waals surface area contributed by atoms with Crippen LogP contribution in [-0.2, 0) is 14.8 Å². The maximum absolute atomic E-state index is 13.7. The lowest BCUT2D eigenvalue weighted by Gasteiger charge is -2.14. The molecule has 4 rings (SSSR count). The molecule has 1 amide bonds. The largest absolute Gasteiger partial charge is 0.337 e. The zero-order valence-corrected chi connectivity index (χ0v) is 16.6. The fraction of sp³-hybridized carbons (Fsp3) is 0. The molecule has 3 aromatic rings. The minimum absolute atomic E-state index is 0.0212. The fourth-order valence-electron chi connectivity index (χ4n) is 2.90. The summed E-state index contributed by atoms with van der Waals surface area (Å²) in [5, 5.41) is 13.1. The van der Waals surface area contributed by atoms with Gasteiger partial charge >= 0.3 is 0 Å². The molecular formula is C18H10Cl2FN4O3S. The van der Waals surface area contributed by atoms with Gasteiger partial charge in [-0.1, -0.05) is 23.2 Å². The van der Waals surface area contributed by atoms with Crippen LogP contribution in [0, 0.1) is 5.82 Å². The van der Waals surface area contributed by atoms with Gasteiger partial charge in [0.2, 0.25) is 10.0 Å². The second kappa shape index (κ2) is 6.96. The van der Waals surface area contributed by atoms with Crippen molar-refractivity contribution in [3.8, 4) is 0 Å². The molecule has 2 aromatic carbocycles. The SMILES string of the molecule is NS(=O)(=O)c1cc(Cl)c(Nc2nc3ccc(F)cc3c3c2=CC(=O)[N]C=3)c(Cl)c1. The second-order valence-electron chi connectivity index (χ2n) is 6.12. The number of sulfonamides is 1. The van der Waals surface area contributed by atoms with Crippen LogP contribution in [0.4, 0.5) is 15.9 Å². The number of benzene rings is 2. The van der Waals surface area contributed by atoms with E-state index < -0.39 is 21.7 Å². The molecule has 3 N–H and O–H groups in total. The van der Waals surface area contributed by atoms with Crippen molar-refractivity contribution in [3.05, 3.63) is 56.6 Å². The first kappa shape index (κ1) is 19.6. The summed E-state index contributed by atoms with van der Waals surface area (Å²) in [6, 6.07) is 6.31. The average molecular weight is 452 g/mol. The number of hydrogen-bond donors (Lipinski definition) is 2. The molecule has 1 aromatic heterocycles. The summed E-state index contributed by atoms with van der Waals surface area (Å²) in [5.74, 6) is -0.761. The highest BCUT2D eigenvalue weighted by molar-refractivity contribution is 7.89. The maximum Gasteiger partial charge on any atom is 0.270 e. The van der Waals surface area contributed by atoms with Crippen LogP contribution < -0.4 is 26.2 Å². The number of halogens is 3. The third-order valence-corrected chi connectivity index (χ3v) is 5.69. The number of fused-ring (bicyclic) bond motifs is 3. The second-order valence-corrected chi connectivity index (χ2v) is 8.50. The summed E-state index contributed by atoms with van der Waals surface area (Å²) in [4.78, 5) is 16.0. The van der Waals surface area contributed by atoms with E-state index in [4.69, 9.17) is 28.3 Å². The number of pyridine rings is 1. The van der Waals surface area contributed by atoms with Crippen molar-refractivity contribution in [1.29, 1.82) is 0 Å². The van der Waals surface area contributed by atoms with E-state index in [0.29, 0.717) is 21.3 Å². The van der Waals surface area contributed by atoms with Crippen LogP contribution in [0.5, 0.6) is 0 Å². The molecule has 0 bridgehead atoms. The Bertz CT molecular complexity index is 1420. The molecule has 1 aliphatic rings. The molecule has 11 heteroatoms. The highest BCUT2D eigenvalue weighted by Crippen LogP contribution is 2.34. The Morgan fingerprint density at radius 2 is 1.76 bits per heavy atom. The van der Waals surface area contributed by atoms with Crippen molar-refractivity contribution < 1.29 is 17.6 Å². The summed E-state index contributed by atoms with van der Waals surface area (Å²) in [7, 11) is -4.01. The van der Waals surface area contributed by atoms with E-state index in [-0.39, 0.29) is 26.4 Å². The van der Waals surface area contributed by atoms with Crippen molar-refractivity contribution >= 4 is 73.8 Å². The van der Waals surface area contributed by atoms with Crippen molar-refractivity contribution in [2.45, 2.75) is 4.90 Å². The molecule has 1 radical (unpaired) electrons. The summed E-state index contributed by atoms with van der Waals surface area (Å²) in [6.45, 7) is 0. The highest BCUT2D eigenvalue weighted by Gasteiger charge is 2.18. The quantitative estimate of drug-likeness (QED) is 0.628. The third-order valence-electron chi connectivity index (χ3n) is 4.20. The number of rotatable bonds is 3. The predicted molar refractivity (Wildman–Crippen MR) is 108 cm³/mol. The summed E-state index contributed by atoms with van der Waals surface area (Å²) >= 11 is 12.4. The van der Waals surface area contributed by atoms with Gasteiger partial charge in [-0.05, 0) is 30.3 Å². The molecular weight excluding hydrogens is 442 g/mol. The van der Waals surface area contributed by atoms with Gasteiger partial charge in [-0.15, -0.1) is 0 Å². The van der Waals surface area contributed by atoms with Crippen LogP contribution in [0.1, 0.15) is 0 Å². The number of primary sulfonamides is 1. The Hall–Kier alpha value is -2.72. The van der Waals surface area contributed by atoms with Crippen LogP contribution in [0.15, 0.2) is 35.2 Å². The van der Waals surface area contributed by atoms with Crippen molar-refractivity contribution in [3.63, 3.8) is 0 Å². The van der Waals surface area contributed by atoms with Gasteiger partial charge in [0.15, 0.2) is 0 Å². The molecule has 0 fully saturated rings. The fourth-order valence-corrected chi connectivity index (χ4v) is 4.17. The van der Waals surface area contributed by atoms with Gasteiger partial charge in [0.25, 0.3) is 5.91 Å². The molecule has 7 nitrogen and oxygen atoms in total. The van der Waals surface area contributed by atoms with Crippen molar-refractivity contribution in [1.82, 2.24) is 10.3 Å². The Labute approximate surface area is 173 Å². The smallest absolute Gasteiger partial charge is 0.270 e. The Morgan fingerprint density at radius 1 is 1.07 bits per heavy atom. The van der Waals surface area contributed by atoms with E-state index in [2.05, 4.69) is 15.6 Å². The van der Waals surface area contributed by atoms with E-state index in [1.165, 1.54) is 30.5 Å². The number of carbonyl (C=O) groups is 1. The molecule has 2 heterocycles. The molecule has 1 aliphatic heterocycles. The van der Waals surface area contributed by atoms with Crippen LogP contribution in [0.25, 0.3) is 23.2 Å². The van der Waals surface area contributed by atoms with Gasteiger partial charge in [0.1, 0.15) is 11.6 Å². The number of aromatic nitrogens is 1. The lowest BCUT2D eigenvalue weighted by molar-refractivity contribution is -0.114. The van der Waals surface area contributed by atoms with E-state index in [9.17, 15) is 17.6 Å². The molecule has 0 unspecified atom stereocenters. The van der Waals surface area contributed by atoms with E-state index in [1.807, 2.05) is 0 Å². The number of nitrogens with zero attached hydrogens (tertiary/aromatic N) is 2. The maximum atomic E-state index is 13.7. The van der Waals surface area contributed by atoms with Gasteiger partial charge in [-0.2, -0.15) is 0 Å². The number of amides is 1. The number of hydrogen-bond acceptors (Lipinski definition) is 5. The van der Waals surface area contributed by atoms with Crippen LogP contribution in [0.2, 0.25) is 10.0 Å². The molecule has 0 saturated heterocycles. The molecule has 0 saturated carbocycles. The molecule has 147 valence electrons. The summed E-state index contributed by atoms with van der Waals surface area (Å²) < 4.78 is 36.8. The normalized spacial score (nSPS) is 13.3. The van der Waals surface area contributed by atoms with Gasteiger partial charge in [0, 0.05) is 28.1 Å². The number of carbonyl (C=O) groups excluding carboxylic acids is 1. The highest BCUT2D eigenvalue weighted by atomic mass is 35.5. The van der Waals surface area contributed by atoms with Crippen LogP contribution in [-0.4, -0.2) is 19.3 Å². The zero-order valence-electron chi connectivity index (χ0n) is 14.3. The molecule has 29 heavy (non-hydrogen) atoms.